The Morgan fingerprint density at radius 3 is 2.67 bits per heavy atom. The smallest absolute Gasteiger partial charge is 0.149 e. The molecule has 0 aliphatic carbocycles. The molecule has 1 aromatic rings. The number of nitrogens with one attached hydrogen (secondary N) is 1. The molecule has 0 bridgehead atoms. The Morgan fingerprint density at radius 2 is 2.07 bits per heavy atom. The van der Waals surface area contributed by atoms with Crippen molar-refractivity contribution in [2.45, 2.75) is 39.7 Å². The lowest BCUT2D eigenvalue weighted by Gasteiger charge is -2.16. The van der Waals surface area contributed by atoms with Gasteiger partial charge in [0, 0.05) is 12.2 Å². The first-order chi connectivity index (χ1) is 7.09. The molecule has 0 fully saturated rings. The largest absolute Gasteiger partial charge is 0.396 e. The van der Waals surface area contributed by atoms with E-state index in [0.29, 0.717) is 11.7 Å². The van der Waals surface area contributed by atoms with Gasteiger partial charge in [0.1, 0.15) is 5.82 Å². The lowest BCUT2D eigenvalue weighted by atomic mass is 10.0. The fourth-order valence-corrected chi connectivity index (χ4v) is 1.43. The fraction of sp³-hybridized carbons (Fsp3) is 0.583. The molecule has 0 aliphatic rings. The molecule has 0 aromatic carbocycles. The number of hydrogen-bond donors (Lipinski definition) is 2. The van der Waals surface area contributed by atoms with E-state index in [1.54, 1.807) is 6.20 Å². The van der Waals surface area contributed by atoms with Gasteiger partial charge in [-0.1, -0.05) is 13.8 Å². The number of nitrogen functional groups attached to an aromatic ring is 1. The van der Waals surface area contributed by atoms with Crippen LogP contribution in [-0.4, -0.2) is 11.0 Å². The van der Waals surface area contributed by atoms with E-state index in [2.05, 4.69) is 31.1 Å². The van der Waals surface area contributed by atoms with Crippen molar-refractivity contribution in [3.8, 4) is 0 Å². The SMILES string of the molecule is CC(C)CCC(C)Nc1ncccc1N. The molecule has 0 aliphatic heterocycles. The molecule has 15 heavy (non-hydrogen) atoms. The van der Waals surface area contributed by atoms with E-state index >= 15 is 0 Å². The van der Waals surface area contributed by atoms with Gasteiger partial charge in [0.05, 0.1) is 5.69 Å². The second-order valence-corrected chi connectivity index (χ2v) is 4.46. The Bertz CT molecular complexity index is 297. The van der Waals surface area contributed by atoms with E-state index in [4.69, 9.17) is 5.73 Å². The average molecular weight is 207 g/mol. The highest BCUT2D eigenvalue weighted by atomic mass is 15.0. The maximum atomic E-state index is 5.80. The van der Waals surface area contributed by atoms with E-state index in [1.165, 1.54) is 6.42 Å². The maximum absolute atomic E-state index is 5.80. The van der Waals surface area contributed by atoms with Crippen LogP contribution in [0.2, 0.25) is 0 Å². The summed E-state index contributed by atoms with van der Waals surface area (Å²) >= 11 is 0. The zero-order chi connectivity index (χ0) is 11.3. The first kappa shape index (κ1) is 11.8. The number of nitrogens with two attached hydrogens (primary N) is 1. The van der Waals surface area contributed by atoms with Gasteiger partial charge < -0.3 is 11.1 Å². The minimum absolute atomic E-state index is 0.421. The van der Waals surface area contributed by atoms with Gasteiger partial charge in [-0.3, -0.25) is 0 Å². The van der Waals surface area contributed by atoms with Crippen LogP contribution in [0, 0.1) is 5.92 Å². The summed E-state index contributed by atoms with van der Waals surface area (Å²) in [5.41, 5.74) is 6.52. The van der Waals surface area contributed by atoms with Crippen molar-refractivity contribution in [3.05, 3.63) is 18.3 Å². The van der Waals surface area contributed by atoms with Crippen LogP contribution in [0.3, 0.4) is 0 Å². The molecule has 1 atom stereocenters. The minimum atomic E-state index is 0.421. The van der Waals surface area contributed by atoms with E-state index in [1.807, 2.05) is 12.1 Å². The molecule has 0 spiro atoms. The monoisotopic (exact) mass is 207 g/mol. The van der Waals surface area contributed by atoms with Crippen molar-refractivity contribution in [2.75, 3.05) is 11.1 Å². The molecule has 1 unspecified atom stereocenters. The number of anilines is 2. The Morgan fingerprint density at radius 1 is 1.33 bits per heavy atom. The summed E-state index contributed by atoms with van der Waals surface area (Å²) in [6, 6.07) is 4.13. The summed E-state index contributed by atoms with van der Waals surface area (Å²) in [5, 5.41) is 3.33. The van der Waals surface area contributed by atoms with Crippen LogP contribution in [-0.2, 0) is 0 Å². The number of nitrogens with zero attached hydrogens (tertiary/aromatic N) is 1. The number of pyridine rings is 1. The number of hydrogen-bond acceptors (Lipinski definition) is 3. The van der Waals surface area contributed by atoms with Gasteiger partial charge in [0.15, 0.2) is 0 Å². The molecule has 0 amide bonds. The molecule has 0 saturated heterocycles. The summed E-state index contributed by atoms with van der Waals surface area (Å²) in [6.07, 6.45) is 4.13. The molecule has 1 heterocycles. The molecule has 3 heteroatoms. The first-order valence-corrected chi connectivity index (χ1v) is 5.56. The van der Waals surface area contributed by atoms with Crippen molar-refractivity contribution in [3.63, 3.8) is 0 Å². The Hall–Kier alpha value is -1.25. The highest BCUT2D eigenvalue weighted by Crippen LogP contribution is 2.16. The Kier molecular flexibility index (Phi) is 4.40. The first-order valence-electron chi connectivity index (χ1n) is 5.56. The van der Waals surface area contributed by atoms with Crippen LogP contribution in [0.25, 0.3) is 0 Å². The fourth-order valence-electron chi connectivity index (χ4n) is 1.43. The molecule has 84 valence electrons. The molecule has 1 aromatic heterocycles. The van der Waals surface area contributed by atoms with Gasteiger partial charge in [-0.15, -0.1) is 0 Å². The van der Waals surface area contributed by atoms with Gasteiger partial charge >= 0.3 is 0 Å². The van der Waals surface area contributed by atoms with E-state index in [-0.39, 0.29) is 0 Å². The highest BCUT2D eigenvalue weighted by molar-refractivity contribution is 5.60. The number of rotatable bonds is 5. The van der Waals surface area contributed by atoms with Crippen molar-refractivity contribution in [1.29, 1.82) is 0 Å². The predicted molar refractivity (Wildman–Crippen MR) is 65.8 cm³/mol. The van der Waals surface area contributed by atoms with Crippen LogP contribution in [0.15, 0.2) is 18.3 Å². The third kappa shape index (κ3) is 4.19. The summed E-state index contributed by atoms with van der Waals surface area (Å²) in [6.45, 7) is 6.64. The molecule has 0 saturated carbocycles. The average Bonchev–Trinajstić information content (AvgIpc) is 2.18. The van der Waals surface area contributed by atoms with Gasteiger partial charge in [-0.05, 0) is 37.8 Å². The normalized spacial score (nSPS) is 12.8. The van der Waals surface area contributed by atoms with E-state index in [9.17, 15) is 0 Å². The van der Waals surface area contributed by atoms with Crippen LogP contribution >= 0.6 is 0 Å². The summed E-state index contributed by atoms with van der Waals surface area (Å²) in [4.78, 5) is 4.21. The van der Waals surface area contributed by atoms with Crippen LogP contribution < -0.4 is 11.1 Å². The summed E-state index contributed by atoms with van der Waals surface area (Å²) < 4.78 is 0. The lowest BCUT2D eigenvalue weighted by Crippen LogP contribution is -2.17. The molecule has 3 N–H and O–H groups in total. The highest BCUT2D eigenvalue weighted by Gasteiger charge is 2.06. The van der Waals surface area contributed by atoms with E-state index < -0.39 is 0 Å². The Labute approximate surface area is 92.1 Å². The molecular weight excluding hydrogens is 186 g/mol. The molecule has 3 nitrogen and oxygen atoms in total. The second-order valence-electron chi connectivity index (χ2n) is 4.46. The molecule has 1 rings (SSSR count). The van der Waals surface area contributed by atoms with Crippen molar-refractivity contribution in [1.82, 2.24) is 4.98 Å². The third-order valence-electron chi connectivity index (χ3n) is 2.40. The van der Waals surface area contributed by atoms with Crippen molar-refractivity contribution in [2.24, 2.45) is 5.92 Å². The number of aromatic nitrogens is 1. The standard InChI is InChI=1S/C12H21N3/c1-9(2)6-7-10(3)15-12-11(13)5-4-8-14-12/h4-5,8-10H,6-7,13H2,1-3H3,(H,14,15). The van der Waals surface area contributed by atoms with Crippen molar-refractivity contribution >= 4 is 11.5 Å². The minimum Gasteiger partial charge on any atom is -0.396 e. The topological polar surface area (TPSA) is 50.9 Å². The predicted octanol–water partition coefficient (Wildman–Crippen LogP) is 2.90. The van der Waals surface area contributed by atoms with Gasteiger partial charge in [0.2, 0.25) is 0 Å². The lowest BCUT2D eigenvalue weighted by molar-refractivity contribution is 0.527. The quantitative estimate of drug-likeness (QED) is 0.780. The summed E-state index contributed by atoms with van der Waals surface area (Å²) in [7, 11) is 0. The molecule has 0 radical (unpaired) electrons. The van der Waals surface area contributed by atoms with Crippen LogP contribution in [0.1, 0.15) is 33.6 Å². The zero-order valence-corrected chi connectivity index (χ0v) is 9.83. The van der Waals surface area contributed by atoms with Crippen LogP contribution in [0.4, 0.5) is 11.5 Å². The maximum Gasteiger partial charge on any atom is 0.149 e. The van der Waals surface area contributed by atoms with Gasteiger partial charge in [-0.2, -0.15) is 0 Å². The van der Waals surface area contributed by atoms with Crippen LogP contribution in [0.5, 0.6) is 0 Å². The van der Waals surface area contributed by atoms with Gasteiger partial charge in [0.25, 0.3) is 0 Å². The van der Waals surface area contributed by atoms with E-state index in [0.717, 1.165) is 18.2 Å². The second kappa shape index (κ2) is 5.59. The molecular formula is C12H21N3. The van der Waals surface area contributed by atoms with Crippen molar-refractivity contribution < 1.29 is 0 Å². The Balaban J connectivity index is 2.44. The summed E-state index contributed by atoms with van der Waals surface area (Å²) in [5.74, 6) is 1.55. The zero-order valence-electron chi connectivity index (χ0n) is 9.83. The third-order valence-corrected chi connectivity index (χ3v) is 2.40. The van der Waals surface area contributed by atoms with Gasteiger partial charge in [-0.25, -0.2) is 4.98 Å².